The van der Waals surface area contributed by atoms with E-state index < -0.39 is 0 Å². The lowest BCUT2D eigenvalue weighted by atomic mass is 10.1. The van der Waals surface area contributed by atoms with Crippen LogP contribution < -0.4 is 14.8 Å². The number of nitrogens with one attached hydrogen (secondary N) is 1. The lowest BCUT2D eigenvalue weighted by molar-refractivity contribution is 0.102. The molecule has 1 aliphatic heterocycles. The molecule has 4 nitrogen and oxygen atoms in total. The summed E-state index contributed by atoms with van der Waals surface area (Å²) < 4.78 is 10.9. The van der Waals surface area contributed by atoms with E-state index in [1.807, 2.05) is 13.0 Å². The van der Waals surface area contributed by atoms with Crippen molar-refractivity contribution in [2.75, 3.05) is 18.5 Å². The molecule has 0 atom stereocenters. The van der Waals surface area contributed by atoms with Crippen molar-refractivity contribution in [2.24, 2.45) is 0 Å². The molecule has 2 aromatic carbocycles. The highest BCUT2D eigenvalue weighted by Crippen LogP contribution is 2.38. The van der Waals surface area contributed by atoms with Gasteiger partial charge in [-0.15, -0.1) is 0 Å². The molecule has 0 spiro atoms. The Morgan fingerprint density at radius 2 is 1.86 bits per heavy atom. The van der Waals surface area contributed by atoms with Crippen molar-refractivity contribution in [3.8, 4) is 11.5 Å². The first-order valence-electron chi connectivity index (χ1n) is 6.71. The number of amides is 1. The first kappa shape index (κ1) is 15.0. The Morgan fingerprint density at radius 3 is 2.64 bits per heavy atom. The largest absolute Gasteiger partial charge is 0.486 e. The second-order valence-electron chi connectivity index (χ2n) is 4.90. The lowest BCUT2D eigenvalue weighted by Gasteiger charge is -2.20. The van der Waals surface area contributed by atoms with Crippen LogP contribution in [0.25, 0.3) is 0 Å². The Bertz CT molecular complexity index is 746. The van der Waals surface area contributed by atoms with Crippen LogP contribution in [0.5, 0.6) is 11.5 Å². The number of anilines is 1. The Balaban J connectivity index is 1.85. The van der Waals surface area contributed by atoms with Crippen molar-refractivity contribution in [3.05, 3.63) is 51.5 Å². The van der Waals surface area contributed by atoms with Gasteiger partial charge in [0.1, 0.15) is 13.2 Å². The highest BCUT2D eigenvalue weighted by Gasteiger charge is 2.19. The maximum atomic E-state index is 12.3. The monoisotopic (exact) mass is 337 g/mol. The molecule has 1 aliphatic rings. The molecule has 2 aromatic rings. The van der Waals surface area contributed by atoms with Crippen LogP contribution in [-0.4, -0.2) is 19.1 Å². The third kappa shape index (κ3) is 2.98. The van der Waals surface area contributed by atoms with E-state index in [1.165, 1.54) is 0 Å². The number of carbonyl (C=O) groups excluding carboxylic acids is 1. The topological polar surface area (TPSA) is 47.6 Å². The van der Waals surface area contributed by atoms with Gasteiger partial charge >= 0.3 is 0 Å². The van der Waals surface area contributed by atoms with Crippen LogP contribution in [0.3, 0.4) is 0 Å². The second kappa shape index (κ2) is 6.07. The number of carbonyl (C=O) groups is 1. The van der Waals surface area contributed by atoms with Crippen LogP contribution in [0, 0.1) is 6.92 Å². The van der Waals surface area contributed by atoms with Gasteiger partial charge in [-0.3, -0.25) is 4.79 Å². The summed E-state index contributed by atoms with van der Waals surface area (Å²) in [5, 5.41) is 3.73. The molecule has 0 unspecified atom stereocenters. The summed E-state index contributed by atoms with van der Waals surface area (Å²) in [5.74, 6) is 0.660. The molecule has 0 radical (unpaired) electrons. The Kier molecular flexibility index (Phi) is 4.14. The average Bonchev–Trinajstić information content (AvgIpc) is 2.51. The number of halogens is 2. The zero-order chi connectivity index (χ0) is 15.7. The molecule has 3 rings (SSSR count). The summed E-state index contributed by atoms with van der Waals surface area (Å²) in [6.45, 7) is 2.77. The average molecular weight is 338 g/mol. The van der Waals surface area contributed by atoms with Gasteiger partial charge in [0.15, 0.2) is 11.5 Å². The van der Waals surface area contributed by atoms with E-state index >= 15 is 0 Å². The minimum absolute atomic E-state index is 0.293. The van der Waals surface area contributed by atoms with E-state index in [2.05, 4.69) is 5.32 Å². The van der Waals surface area contributed by atoms with Gasteiger partial charge in [-0.05, 0) is 36.8 Å². The quantitative estimate of drug-likeness (QED) is 0.887. The fourth-order valence-electron chi connectivity index (χ4n) is 2.12. The molecule has 0 fully saturated rings. The third-order valence-electron chi connectivity index (χ3n) is 3.29. The molecular weight excluding hydrogens is 325 g/mol. The zero-order valence-corrected chi connectivity index (χ0v) is 13.3. The lowest BCUT2D eigenvalue weighted by Crippen LogP contribution is -2.17. The number of benzene rings is 2. The van der Waals surface area contributed by atoms with Crippen molar-refractivity contribution in [3.63, 3.8) is 0 Å². The number of aryl methyl sites for hydroxylation is 1. The fraction of sp³-hybridized carbons (Fsp3) is 0.188. The molecule has 6 heteroatoms. The van der Waals surface area contributed by atoms with E-state index in [-0.39, 0.29) is 5.91 Å². The summed E-state index contributed by atoms with van der Waals surface area (Å²) in [6, 6.07) is 8.51. The molecule has 1 heterocycles. The molecule has 22 heavy (non-hydrogen) atoms. The van der Waals surface area contributed by atoms with Gasteiger partial charge < -0.3 is 14.8 Å². The molecule has 0 bridgehead atoms. The fourth-order valence-corrected chi connectivity index (χ4v) is 2.56. The maximum absolute atomic E-state index is 12.3. The van der Waals surface area contributed by atoms with Crippen molar-refractivity contribution >= 4 is 34.8 Å². The van der Waals surface area contributed by atoms with Crippen LogP contribution in [0.15, 0.2) is 30.3 Å². The molecule has 0 saturated heterocycles. The van der Waals surface area contributed by atoms with Gasteiger partial charge in [0, 0.05) is 16.3 Å². The van der Waals surface area contributed by atoms with Crippen molar-refractivity contribution in [1.29, 1.82) is 0 Å². The van der Waals surface area contributed by atoms with Crippen LogP contribution >= 0.6 is 23.2 Å². The van der Waals surface area contributed by atoms with Gasteiger partial charge in [0.05, 0.1) is 5.02 Å². The number of hydrogen-bond donors (Lipinski definition) is 1. The first-order chi connectivity index (χ1) is 10.5. The minimum atomic E-state index is -0.293. The predicted molar refractivity (Wildman–Crippen MR) is 86.6 cm³/mol. The Hall–Kier alpha value is -1.91. The molecule has 1 N–H and O–H groups in total. The van der Waals surface area contributed by atoms with Crippen molar-refractivity contribution in [1.82, 2.24) is 0 Å². The SMILES string of the molecule is Cc1ccc(NC(=O)c2cc(Cl)c3c(c2)OCCO3)cc1Cl. The van der Waals surface area contributed by atoms with E-state index in [0.29, 0.717) is 46.0 Å². The Morgan fingerprint density at radius 1 is 1.09 bits per heavy atom. The molecule has 1 amide bonds. The second-order valence-corrected chi connectivity index (χ2v) is 5.71. The van der Waals surface area contributed by atoms with Crippen molar-refractivity contribution in [2.45, 2.75) is 6.92 Å². The first-order valence-corrected chi connectivity index (χ1v) is 7.47. The maximum Gasteiger partial charge on any atom is 0.255 e. The molecule has 114 valence electrons. The van der Waals surface area contributed by atoms with Gasteiger partial charge in [0.2, 0.25) is 0 Å². The van der Waals surface area contributed by atoms with Gasteiger partial charge in [-0.25, -0.2) is 0 Å². The highest BCUT2D eigenvalue weighted by molar-refractivity contribution is 6.33. The molecule has 0 aliphatic carbocycles. The molecule has 0 saturated carbocycles. The Labute approximate surface area is 137 Å². The van der Waals surface area contributed by atoms with Gasteiger partial charge in [-0.1, -0.05) is 29.3 Å². The van der Waals surface area contributed by atoms with Crippen LogP contribution in [0.4, 0.5) is 5.69 Å². The standard InChI is InChI=1S/C16H13Cl2NO3/c1-9-2-3-11(8-12(9)17)19-16(20)10-6-13(18)15-14(7-10)21-4-5-22-15/h2-3,6-8H,4-5H2,1H3,(H,19,20). The van der Waals surface area contributed by atoms with Gasteiger partial charge in [0.25, 0.3) is 5.91 Å². The summed E-state index contributed by atoms with van der Waals surface area (Å²) in [4.78, 5) is 12.3. The van der Waals surface area contributed by atoms with Crippen LogP contribution in [-0.2, 0) is 0 Å². The third-order valence-corrected chi connectivity index (χ3v) is 3.98. The van der Waals surface area contributed by atoms with E-state index in [9.17, 15) is 4.79 Å². The van der Waals surface area contributed by atoms with E-state index in [1.54, 1.807) is 24.3 Å². The minimum Gasteiger partial charge on any atom is -0.486 e. The van der Waals surface area contributed by atoms with E-state index in [0.717, 1.165) is 5.56 Å². The zero-order valence-electron chi connectivity index (χ0n) is 11.8. The number of fused-ring (bicyclic) bond motifs is 1. The molecular formula is C16H13Cl2NO3. The summed E-state index contributed by atoms with van der Waals surface area (Å²) in [6.07, 6.45) is 0. The summed E-state index contributed by atoms with van der Waals surface area (Å²) >= 11 is 12.2. The highest BCUT2D eigenvalue weighted by atomic mass is 35.5. The smallest absolute Gasteiger partial charge is 0.255 e. The van der Waals surface area contributed by atoms with Crippen LogP contribution in [0.2, 0.25) is 10.0 Å². The predicted octanol–water partition coefficient (Wildman–Crippen LogP) is 4.33. The number of rotatable bonds is 2. The van der Waals surface area contributed by atoms with Crippen LogP contribution in [0.1, 0.15) is 15.9 Å². The number of ether oxygens (including phenoxy) is 2. The normalized spacial score (nSPS) is 12.9. The van der Waals surface area contributed by atoms with E-state index in [4.69, 9.17) is 32.7 Å². The number of hydrogen-bond acceptors (Lipinski definition) is 3. The van der Waals surface area contributed by atoms with Crippen molar-refractivity contribution < 1.29 is 14.3 Å². The molecule has 0 aromatic heterocycles. The van der Waals surface area contributed by atoms with Gasteiger partial charge in [-0.2, -0.15) is 0 Å². The summed E-state index contributed by atoms with van der Waals surface area (Å²) in [5.41, 5.74) is 1.96. The summed E-state index contributed by atoms with van der Waals surface area (Å²) in [7, 11) is 0.